The standard InChI is InChI=1S/C12H17N3O/c13-10-4-6-12(7-5-10)16-15-9-11-3-1-2-8-14-11/h1-3,8-10,12H,4-7,13H2. The lowest BCUT2D eigenvalue weighted by molar-refractivity contribution is 0.0305. The molecule has 1 aliphatic carbocycles. The van der Waals surface area contributed by atoms with Crippen molar-refractivity contribution in [3.63, 3.8) is 0 Å². The third-order valence-electron chi connectivity index (χ3n) is 2.80. The molecule has 4 nitrogen and oxygen atoms in total. The van der Waals surface area contributed by atoms with Crippen LogP contribution in [0.2, 0.25) is 0 Å². The molecule has 0 bridgehead atoms. The van der Waals surface area contributed by atoms with Gasteiger partial charge in [-0.25, -0.2) is 0 Å². The average molecular weight is 219 g/mol. The molecule has 0 unspecified atom stereocenters. The van der Waals surface area contributed by atoms with Crippen molar-refractivity contribution in [2.45, 2.75) is 37.8 Å². The average Bonchev–Trinajstić information content (AvgIpc) is 2.33. The van der Waals surface area contributed by atoms with Crippen LogP contribution in [0.25, 0.3) is 0 Å². The Kier molecular flexibility index (Phi) is 3.88. The maximum absolute atomic E-state index is 5.81. The van der Waals surface area contributed by atoms with Crippen LogP contribution < -0.4 is 5.73 Å². The van der Waals surface area contributed by atoms with E-state index in [0.717, 1.165) is 31.4 Å². The second-order valence-electron chi connectivity index (χ2n) is 4.13. The van der Waals surface area contributed by atoms with Crippen LogP contribution in [0, 0.1) is 0 Å². The number of pyridine rings is 1. The molecule has 1 aromatic rings. The molecule has 0 aliphatic heterocycles. The molecule has 16 heavy (non-hydrogen) atoms. The predicted molar refractivity (Wildman–Crippen MR) is 63.1 cm³/mol. The van der Waals surface area contributed by atoms with Crippen LogP contribution in [-0.4, -0.2) is 23.3 Å². The zero-order valence-electron chi connectivity index (χ0n) is 9.25. The first-order valence-corrected chi connectivity index (χ1v) is 5.70. The van der Waals surface area contributed by atoms with Gasteiger partial charge in [0.25, 0.3) is 0 Å². The molecule has 0 aromatic carbocycles. The molecule has 1 aromatic heterocycles. The van der Waals surface area contributed by atoms with Crippen LogP contribution in [0.15, 0.2) is 29.6 Å². The first-order valence-electron chi connectivity index (χ1n) is 5.70. The van der Waals surface area contributed by atoms with Crippen LogP contribution in [0.1, 0.15) is 31.4 Å². The normalized spacial score (nSPS) is 25.8. The number of nitrogens with zero attached hydrogens (tertiary/aromatic N) is 2. The minimum Gasteiger partial charge on any atom is -0.392 e. The topological polar surface area (TPSA) is 60.5 Å². The molecule has 2 N–H and O–H groups in total. The summed E-state index contributed by atoms with van der Waals surface area (Å²) in [4.78, 5) is 9.53. The molecule has 86 valence electrons. The number of hydrogen-bond acceptors (Lipinski definition) is 4. The van der Waals surface area contributed by atoms with Crippen molar-refractivity contribution >= 4 is 6.21 Å². The Bertz CT molecular complexity index is 331. The molecule has 4 heteroatoms. The van der Waals surface area contributed by atoms with Crippen molar-refractivity contribution in [1.29, 1.82) is 0 Å². The Morgan fingerprint density at radius 3 is 2.81 bits per heavy atom. The minimum absolute atomic E-state index is 0.222. The number of hydrogen-bond donors (Lipinski definition) is 1. The number of oxime groups is 1. The van der Waals surface area contributed by atoms with Gasteiger partial charge in [-0.05, 0) is 37.8 Å². The van der Waals surface area contributed by atoms with Crippen molar-refractivity contribution in [3.05, 3.63) is 30.1 Å². The van der Waals surface area contributed by atoms with Gasteiger partial charge in [0.2, 0.25) is 0 Å². The quantitative estimate of drug-likeness (QED) is 0.621. The highest BCUT2D eigenvalue weighted by Crippen LogP contribution is 2.19. The van der Waals surface area contributed by atoms with Crippen LogP contribution in [0.4, 0.5) is 0 Å². The first-order chi connectivity index (χ1) is 7.84. The summed E-state index contributed by atoms with van der Waals surface area (Å²) in [6.07, 6.45) is 7.67. The van der Waals surface area contributed by atoms with Gasteiger partial charge in [0.1, 0.15) is 6.10 Å². The van der Waals surface area contributed by atoms with E-state index in [9.17, 15) is 0 Å². The summed E-state index contributed by atoms with van der Waals surface area (Å²) in [6.45, 7) is 0. The molecule has 0 radical (unpaired) electrons. The number of aromatic nitrogens is 1. The molecule has 0 saturated heterocycles. The number of nitrogens with two attached hydrogens (primary N) is 1. The summed E-state index contributed by atoms with van der Waals surface area (Å²) in [5, 5.41) is 3.96. The van der Waals surface area contributed by atoms with E-state index >= 15 is 0 Å². The van der Waals surface area contributed by atoms with Gasteiger partial charge in [-0.2, -0.15) is 0 Å². The Morgan fingerprint density at radius 2 is 2.12 bits per heavy atom. The molecule has 0 spiro atoms. The lowest BCUT2D eigenvalue weighted by Crippen LogP contribution is -2.29. The smallest absolute Gasteiger partial charge is 0.127 e. The van der Waals surface area contributed by atoms with E-state index < -0.39 is 0 Å². The van der Waals surface area contributed by atoms with Crippen molar-refractivity contribution in [2.75, 3.05) is 0 Å². The highest BCUT2D eigenvalue weighted by Gasteiger charge is 2.19. The van der Waals surface area contributed by atoms with Crippen molar-refractivity contribution in [1.82, 2.24) is 4.98 Å². The summed E-state index contributed by atoms with van der Waals surface area (Å²) in [5.41, 5.74) is 6.63. The summed E-state index contributed by atoms with van der Waals surface area (Å²) in [7, 11) is 0. The molecule has 1 aliphatic rings. The largest absolute Gasteiger partial charge is 0.392 e. The zero-order chi connectivity index (χ0) is 11.2. The lowest BCUT2D eigenvalue weighted by Gasteiger charge is -2.23. The van der Waals surface area contributed by atoms with Gasteiger partial charge < -0.3 is 10.6 Å². The summed E-state index contributed by atoms with van der Waals surface area (Å²) in [5.74, 6) is 0. The van der Waals surface area contributed by atoms with Crippen LogP contribution in [0.3, 0.4) is 0 Å². The Hall–Kier alpha value is -1.42. The number of rotatable bonds is 3. The fourth-order valence-electron chi connectivity index (χ4n) is 1.82. The molecule has 1 fully saturated rings. The van der Waals surface area contributed by atoms with Crippen LogP contribution >= 0.6 is 0 Å². The van der Waals surface area contributed by atoms with Crippen LogP contribution in [0.5, 0.6) is 0 Å². The monoisotopic (exact) mass is 219 g/mol. The van der Waals surface area contributed by atoms with E-state index in [2.05, 4.69) is 10.1 Å². The van der Waals surface area contributed by atoms with E-state index in [1.807, 2.05) is 18.2 Å². The highest BCUT2D eigenvalue weighted by molar-refractivity contribution is 5.76. The van der Waals surface area contributed by atoms with E-state index in [1.165, 1.54) is 0 Å². The minimum atomic E-state index is 0.222. The summed E-state index contributed by atoms with van der Waals surface area (Å²) >= 11 is 0. The van der Waals surface area contributed by atoms with Gasteiger partial charge in [-0.3, -0.25) is 4.98 Å². The molecular formula is C12H17N3O. The third kappa shape index (κ3) is 3.31. The SMILES string of the molecule is NC1CCC(ON=Cc2ccccn2)CC1. The highest BCUT2D eigenvalue weighted by atomic mass is 16.6. The fourth-order valence-corrected chi connectivity index (χ4v) is 1.82. The second kappa shape index (κ2) is 5.61. The second-order valence-corrected chi connectivity index (χ2v) is 4.13. The predicted octanol–water partition coefficient (Wildman–Crippen LogP) is 1.70. The molecular weight excluding hydrogens is 202 g/mol. The fraction of sp³-hybridized carbons (Fsp3) is 0.500. The lowest BCUT2D eigenvalue weighted by atomic mass is 9.94. The Balaban J connectivity index is 1.77. The van der Waals surface area contributed by atoms with Crippen LogP contribution in [-0.2, 0) is 4.84 Å². The summed E-state index contributed by atoms with van der Waals surface area (Å²) < 4.78 is 0. The Morgan fingerprint density at radius 1 is 1.31 bits per heavy atom. The van der Waals surface area contributed by atoms with E-state index in [1.54, 1.807) is 12.4 Å². The van der Waals surface area contributed by atoms with Crippen molar-refractivity contribution in [2.24, 2.45) is 10.9 Å². The van der Waals surface area contributed by atoms with Gasteiger partial charge >= 0.3 is 0 Å². The van der Waals surface area contributed by atoms with Gasteiger partial charge in [0.15, 0.2) is 0 Å². The zero-order valence-corrected chi connectivity index (χ0v) is 9.25. The maximum atomic E-state index is 5.81. The summed E-state index contributed by atoms with van der Waals surface area (Å²) in [6, 6.07) is 6.04. The van der Waals surface area contributed by atoms with E-state index in [-0.39, 0.29) is 6.10 Å². The molecule has 2 rings (SSSR count). The third-order valence-corrected chi connectivity index (χ3v) is 2.80. The van der Waals surface area contributed by atoms with E-state index in [4.69, 9.17) is 10.6 Å². The molecule has 0 amide bonds. The van der Waals surface area contributed by atoms with Gasteiger partial charge in [-0.1, -0.05) is 11.2 Å². The van der Waals surface area contributed by atoms with Crippen molar-refractivity contribution in [3.8, 4) is 0 Å². The molecule has 1 heterocycles. The van der Waals surface area contributed by atoms with Gasteiger partial charge in [0.05, 0.1) is 11.9 Å². The first kappa shape index (κ1) is 11.1. The van der Waals surface area contributed by atoms with Crippen molar-refractivity contribution < 1.29 is 4.84 Å². The van der Waals surface area contributed by atoms with E-state index in [0.29, 0.717) is 6.04 Å². The molecule has 0 atom stereocenters. The molecule has 1 saturated carbocycles. The Labute approximate surface area is 95.5 Å². The maximum Gasteiger partial charge on any atom is 0.127 e. The van der Waals surface area contributed by atoms with Gasteiger partial charge in [-0.15, -0.1) is 0 Å². The van der Waals surface area contributed by atoms with Gasteiger partial charge in [0, 0.05) is 12.2 Å².